The fraction of sp³-hybridized carbons (Fsp3) is 0.368. The van der Waals surface area contributed by atoms with E-state index in [9.17, 15) is 4.79 Å². The lowest BCUT2D eigenvalue weighted by atomic mass is 9.95. The Morgan fingerprint density at radius 3 is 2.75 bits per heavy atom. The zero-order valence-electron chi connectivity index (χ0n) is 13.6. The van der Waals surface area contributed by atoms with Crippen LogP contribution in [-0.2, 0) is 24.1 Å². The third-order valence-electron chi connectivity index (χ3n) is 4.19. The van der Waals surface area contributed by atoms with Gasteiger partial charge in [0.25, 0.3) is 5.91 Å². The molecular weight excluding hydrogens is 304 g/mol. The van der Waals surface area contributed by atoms with Crippen molar-refractivity contribution >= 4 is 11.6 Å². The van der Waals surface area contributed by atoms with Crippen molar-refractivity contribution in [2.45, 2.75) is 32.1 Å². The highest BCUT2D eigenvalue weighted by Crippen LogP contribution is 2.27. The second kappa shape index (κ2) is 7.93. The summed E-state index contributed by atoms with van der Waals surface area (Å²) in [5.41, 5.74) is 4.00. The molecule has 0 bridgehead atoms. The third kappa shape index (κ3) is 4.11. The molecule has 0 fully saturated rings. The lowest BCUT2D eigenvalue weighted by Crippen LogP contribution is -2.21. The van der Waals surface area contributed by atoms with Crippen LogP contribution in [0.5, 0.6) is 5.75 Å². The summed E-state index contributed by atoms with van der Waals surface area (Å²) >= 11 is 0. The van der Waals surface area contributed by atoms with Gasteiger partial charge < -0.3 is 15.2 Å². The van der Waals surface area contributed by atoms with E-state index in [-0.39, 0.29) is 19.1 Å². The monoisotopic (exact) mass is 326 g/mol. The van der Waals surface area contributed by atoms with Gasteiger partial charge in [-0.2, -0.15) is 0 Å². The number of nitrogens with one attached hydrogen (secondary N) is 1. The van der Waals surface area contributed by atoms with E-state index in [0.29, 0.717) is 6.42 Å². The number of carbonyl (C=O) groups is 1. The summed E-state index contributed by atoms with van der Waals surface area (Å²) in [6, 6.07) is 9.29. The van der Waals surface area contributed by atoms with Gasteiger partial charge in [-0.1, -0.05) is 12.1 Å². The van der Waals surface area contributed by atoms with Gasteiger partial charge in [0.15, 0.2) is 6.61 Å². The normalized spacial score (nSPS) is 13.2. The summed E-state index contributed by atoms with van der Waals surface area (Å²) in [4.78, 5) is 16.5. The van der Waals surface area contributed by atoms with Crippen LogP contribution in [0.25, 0.3) is 0 Å². The van der Waals surface area contributed by atoms with Crippen LogP contribution < -0.4 is 10.1 Å². The third-order valence-corrected chi connectivity index (χ3v) is 4.19. The Labute approximate surface area is 141 Å². The Morgan fingerprint density at radius 2 is 1.96 bits per heavy atom. The van der Waals surface area contributed by atoms with E-state index in [1.807, 2.05) is 30.3 Å². The fourth-order valence-electron chi connectivity index (χ4n) is 2.95. The molecule has 1 heterocycles. The molecule has 0 aliphatic heterocycles. The SMILES string of the molecule is O=C(COc1ccnc2c1CCCC2)Nc1ccc(CCO)cc1. The zero-order chi connectivity index (χ0) is 16.8. The molecule has 1 aromatic heterocycles. The van der Waals surface area contributed by atoms with E-state index in [4.69, 9.17) is 9.84 Å². The van der Waals surface area contributed by atoms with Crippen LogP contribution in [0.3, 0.4) is 0 Å². The highest BCUT2D eigenvalue weighted by atomic mass is 16.5. The van der Waals surface area contributed by atoms with Crippen molar-refractivity contribution in [2.24, 2.45) is 0 Å². The molecule has 5 nitrogen and oxygen atoms in total. The van der Waals surface area contributed by atoms with Crippen LogP contribution in [0.4, 0.5) is 5.69 Å². The number of fused-ring (bicyclic) bond motifs is 1. The first-order valence-corrected chi connectivity index (χ1v) is 8.35. The van der Waals surface area contributed by atoms with Crippen molar-refractivity contribution in [2.75, 3.05) is 18.5 Å². The number of hydrogen-bond acceptors (Lipinski definition) is 4. The van der Waals surface area contributed by atoms with E-state index in [1.165, 1.54) is 0 Å². The highest BCUT2D eigenvalue weighted by Gasteiger charge is 2.15. The van der Waals surface area contributed by atoms with Crippen molar-refractivity contribution in [3.63, 3.8) is 0 Å². The van der Waals surface area contributed by atoms with Crippen molar-refractivity contribution in [3.05, 3.63) is 53.3 Å². The number of benzene rings is 1. The van der Waals surface area contributed by atoms with Gasteiger partial charge in [0.05, 0.1) is 0 Å². The molecule has 1 aromatic carbocycles. The number of aliphatic hydroxyl groups excluding tert-OH is 1. The standard InChI is InChI=1S/C19H22N2O3/c22-12-10-14-5-7-15(8-6-14)21-19(23)13-24-18-9-11-20-17-4-2-1-3-16(17)18/h5-9,11,22H,1-4,10,12-13H2,(H,21,23). The maximum Gasteiger partial charge on any atom is 0.262 e. The number of amides is 1. The van der Waals surface area contributed by atoms with Gasteiger partial charge in [-0.15, -0.1) is 0 Å². The molecule has 24 heavy (non-hydrogen) atoms. The molecule has 1 amide bonds. The molecule has 1 aliphatic rings. The summed E-state index contributed by atoms with van der Waals surface area (Å²) in [5, 5.41) is 11.7. The molecule has 3 rings (SSSR count). The first-order valence-electron chi connectivity index (χ1n) is 8.35. The fourth-order valence-corrected chi connectivity index (χ4v) is 2.95. The Balaban J connectivity index is 1.56. The molecule has 0 radical (unpaired) electrons. The van der Waals surface area contributed by atoms with Gasteiger partial charge in [-0.3, -0.25) is 9.78 Å². The van der Waals surface area contributed by atoms with E-state index >= 15 is 0 Å². The van der Waals surface area contributed by atoms with Crippen LogP contribution in [0.2, 0.25) is 0 Å². The van der Waals surface area contributed by atoms with Crippen molar-refractivity contribution in [1.82, 2.24) is 4.98 Å². The van der Waals surface area contributed by atoms with Gasteiger partial charge in [0, 0.05) is 29.7 Å². The summed E-state index contributed by atoms with van der Waals surface area (Å²) in [7, 11) is 0. The number of aryl methyl sites for hydroxylation is 1. The number of nitrogens with zero attached hydrogens (tertiary/aromatic N) is 1. The van der Waals surface area contributed by atoms with Crippen molar-refractivity contribution < 1.29 is 14.6 Å². The van der Waals surface area contributed by atoms with Crippen LogP contribution in [0.15, 0.2) is 36.5 Å². The van der Waals surface area contributed by atoms with Crippen molar-refractivity contribution in [3.8, 4) is 5.75 Å². The van der Waals surface area contributed by atoms with Crippen LogP contribution in [0, 0.1) is 0 Å². The van der Waals surface area contributed by atoms with Gasteiger partial charge in [0.1, 0.15) is 5.75 Å². The Bertz CT molecular complexity index is 698. The number of aliphatic hydroxyl groups is 1. The lowest BCUT2D eigenvalue weighted by Gasteiger charge is -2.18. The molecule has 0 saturated carbocycles. The molecule has 2 aromatic rings. The quantitative estimate of drug-likeness (QED) is 0.855. The molecule has 126 valence electrons. The molecule has 0 unspecified atom stereocenters. The number of rotatable bonds is 6. The summed E-state index contributed by atoms with van der Waals surface area (Å²) in [6.45, 7) is 0.102. The molecular formula is C19H22N2O3. The minimum Gasteiger partial charge on any atom is -0.483 e. The van der Waals surface area contributed by atoms with Gasteiger partial charge in [-0.25, -0.2) is 0 Å². The van der Waals surface area contributed by atoms with Gasteiger partial charge in [0.2, 0.25) is 0 Å². The minimum atomic E-state index is -0.189. The topological polar surface area (TPSA) is 71.5 Å². The first-order chi connectivity index (χ1) is 11.8. The Kier molecular flexibility index (Phi) is 5.43. The predicted molar refractivity (Wildman–Crippen MR) is 92.2 cm³/mol. The van der Waals surface area contributed by atoms with Gasteiger partial charge >= 0.3 is 0 Å². The molecule has 0 saturated heterocycles. The first kappa shape index (κ1) is 16.5. The van der Waals surface area contributed by atoms with E-state index in [1.54, 1.807) is 6.20 Å². The molecule has 2 N–H and O–H groups in total. The number of aromatic nitrogens is 1. The number of pyridine rings is 1. The maximum atomic E-state index is 12.1. The number of hydrogen-bond donors (Lipinski definition) is 2. The second-order valence-corrected chi connectivity index (χ2v) is 5.95. The zero-order valence-corrected chi connectivity index (χ0v) is 13.6. The average Bonchev–Trinajstić information content (AvgIpc) is 2.62. The molecule has 1 aliphatic carbocycles. The number of carbonyl (C=O) groups excluding carboxylic acids is 1. The highest BCUT2D eigenvalue weighted by molar-refractivity contribution is 5.91. The van der Waals surface area contributed by atoms with E-state index in [2.05, 4.69) is 10.3 Å². The molecule has 0 spiro atoms. The average molecular weight is 326 g/mol. The van der Waals surface area contributed by atoms with Crippen LogP contribution in [-0.4, -0.2) is 29.2 Å². The Hall–Kier alpha value is -2.40. The Morgan fingerprint density at radius 1 is 1.17 bits per heavy atom. The van der Waals surface area contributed by atoms with Crippen LogP contribution >= 0.6 is 0 Å². The molecule has 5 heteroatoms. The summed E-state index contributed by atoms with van der Waals surface area (Å²) in [5.74, 6) is 0.583. The summed E-state index contributed by atoms with van der Waals surface area (Å²) < 4.78 is 5.72. The van der Waals surface area contributed by atoms with E-state index in [0.717, 1.165) is 53.9 Å². The lowest BCUT2D eigenvalue weighted by molar-refractivity contribution is -0.118. The van der Waals surface area contributed by atoms with Gasteiger partial charge in [-0.05, 0) is 55.9 Å². The number of anilines is 1. The molecule has 0 atom stereocenters. The summed E-state index contributed by atoms with van der Waals surface area (Å²) in [6.07, 6.45) is 6.62. The van der Waals surface area contributed by atoms with E-state index < -0.39 is 0 Å². The van der Waals surface area contributed by atoms with Crippen molar-refractivity contribution in [1.29, 1.82) is 0 Å². The minimum absolute atomic E-state index is 0.0190. The maximum absolute atomic E-state index is 12.1. The largest absolute Gasteiger partial charge is 0.483 e. The second-order valence-electron chi connectivity index (χ2n) is 5.95. The number of ether oxygens (including phenoxy) is 1. The smallest absolute Gasteiger partial charge is 0.262 e. The van der Waals surface area contributed by atoms with Crippen LogP contribution in [0.1, 0.15) is 29.7 Å². The predicted octanol–water partition coefficient (Wildman–Crippen LogP) is 2.51.